The molecule has 0 aromatic heterocycles. The molecule has 3 aromatic rings. The van der Waals surface area contributed by atoms with Crippen LogP contribution in [0.4, 0.5) is 16.2 Å². The molecule has 54 heavy (non-hydrogen) atoms. The zero-order chi connectivity index (χ0) is 40.2. The summed E-state index contributed by atoms with van der Waals surface area (Å²) in [5.41, 5.74) is 1.21. The van der Waals surface area contributed by atoms with Crippen LogP contribution in [0.5, 0.6) is 5.75 Å². The van der Waals surface area contributed by atoms with Crippen molar-refractivity contribution in [2.24, 2.45) is 5.41 Å². The summed E-state index contributed by atoms with van der Waals surface area (Å²) >= 11 is 6.43. The number of anilines is 2. The van der Waals surface area contributed by atoms with E-state index < -0.39 is 40.8 Å². The molecule has 0 aliphatic carbocycles. The molecular weight excluding hydrogens is 704 g/mol. The normalized spacial score (nSPS) is 14.9. The molecule has 2 N–H and O–H groups in total. The fourth-order valence-corrected chi connectivity index (χ4v) is 6.31. The lowest BCUT2D eigenvalue weighted by Crippen LogP contribution is -2.44. The van der Waals surface area contributed by atoms with Crippen LogP contribution in [0.3, 0.4) is 0 Å². The van der Waals surface area contributed by atoms with E-state index in [0.717, 1.165) is 34.6 Å². The molecule has 2 unspecified atom stereocenters. The number of rotatable bonds is 15. The Hall–Kier alpha value is -4.70. The summed E-state index contributed by atoms with van der Waals surface area (Å²) < 4.78 is 6.42. The highest BCUT2D eigenvalue weighted by Crippen LogP contribution is 2.39. The zero-order valence-corrected chi connectivity index (χ0v) is 34.0. The Morgan fingerprint density at radius 3 is 2.11 bits per heavy atom. The minimum absolute atomic E-state index is 0.00373. The maximum absolute atomic E-state index is 13.6. The Morgan fingerprint density at radius 2 is 1.50 bits per heavy atom. The molecule has 10 nitrogen and oxygen atoms in total. The van der Waals surface area contributed by atoms with Crippen LogP contribution in [0.1, 0.15) is 116 Å². The van der Waals surface area contributed by atoms with Crippen molar-refractivity contribution in [2.45, 2.75) is 117 Å². The molecule has 4 rings (SSSR count). The smallest absolute Gasteiger partial charge is 0.329 e. The van der Waals surface area contributed by atoms with E-state index in [0.29, 0.717) is 0 Å². The summed E-state index contributed by atoms with van der Waals surface area (Å²) in [5.74, 6) is -1.32. The Kier molecular flexibility index (Phi) is 13.0. The highest BCUT2D eigenvalue weighted by atomic mass is 35.5. The van der Waals surface area contributed by atoms with Gasteiger partial charge in [0.05, 0.1) is 12.1 Å². The fraction of sp³-hybridized carbons (Fsp3) is 0.465. The number of nitrogens with zero attached hydrogens (tertiary/aromatic N) is 2. The van der Waals surface area contributed by atoms with Gasteiger partial charge in [-0.25, -0.2) is 9.69 Å². The fourth-order valence-electron chi connectivity index (χ4n) is 6.06. The van der Waals surface area contributed by atoms with Gasteiger partial charge in [0.2, 0.25) is 5.91 Å². The molecule has 1 aliphatic heterocycles. The number of nitrogens with one attached hydrogen (secondary N) is 2. The molecule has 0 saturated carbocycles. The molecule has 0 radical (unpaired) electrons. The van der Waals surface area contributed by atoms with E-state index in [1.165, 1.54) is 28.7 Å². The number of carbonyl (C=O) groups is 5. The lowest BCUT2D eigenvalue weighted by Gasteiger charge is -2.31. The Bertz CT molecular complexity index is 1880. The summed E-state index contributed by atoms with van der Waals surface area (Å²) in [6.45, 7) is 20.3. The first-order valence-electron chi connectivity index (χ1n) is 18.6. The van der Waals surface area contributed by atoms with Gasteiger partial charge >= 0.3 is 6.03 Å². The summed E-state index contributed by atoms with van der Waals surface area (Å²) in [6.07, 6.45) is 1.35. The largest absolute Gasteiger partial charge is 0.490 e. The Morgan fingerprint density at radius 1 is 0.852 bits per heavy atom. The minimum atomic E-state index is -1.64. The van der Waals surface area contributed by atoms with Crippen LogP contribution in [-0.4, -0.2) is 57.5 Å². The van der Waals surface area contributed by atoms with E-state index in [1.54, 1.807) is 20.8 Å². The molecule has 1 fully saturated rings. The van der Waals surface area contributed by atoms with E-state index >= 15 is 0 Å². The average molecular weight is 759 g/mol. The third kappa shape index (κ3) is 9.88. The minimum Gasteiger partial charge on any atom is -0.490 e. The number of Topliss-reactive ketones (excluding diaryl/α,β-unsaturated/α-hetero) is 1. The van der Waals surface area contributed by atoms with Gasteiger partial charge in [0.15, 0.2) is 11.3 Å². The summed E-state index contributed by atoms with van der Waals surface area (Å²) in [6, 6.07) is 19.3. The average Bonchev–Trinajstić information content (AvgIpc) is 3.38. The second-order valence-electron chi connectivity index (χ2n) is 16.4. The van der Waals surface area contributed by atoms with E-state index in [-0.39, 0.29) is 53.1 Å². The van der Waals surface area contributed by atoms with Crippen molar-refractivity contribution < 1.29 is 28.7 Å². The number of ketones is 1. The molecule has 3 aromatic carbocycles. The van der Waals surface area contributed by atoms with Crippen LogP contribution >= 0.6 is 11.6 Å². The molecule has 11 heteroatoms. The van der Waals surface area contributed by atoms with Crippen LogP contribution in [-0.2, 0) is 31.8 Å². The molecule has 290 valence electrons. The van der Waals surface area contributed by atoms with E-state index in [2.05, 4.69) is 64.3 Å². The van der Waals surface area contributed by atoms with Gasteiger partial charge in [-0.3, -0.25) is 19.2 Å². The number of hydrogen-bond donors (Lipinski definition) is 2. The molecule has 1 aliphatic rings. The molecule has 0 bridgehead atoms. The lowest BCUT2D eigenvalue weighted by atomic mass is 9.76. The summed E-state index contributed by atoms with van der Waals surface area (Å²) in [7, 11) is 0. The number of benzene rings is 3. The van der Waals surface area contributed by atoms with Crippen molar-refractivity contribution in [3.8, 4) is 5.75 Å². The van der Waals surface area contributed by atoms with Gasteiger partial charge in [-0.2, -0.15) is 0 Å². The van der Waals surface area contributed by atoms with Gasteiger partial charge in [0, 0.05) is 28.8 Å². The second-order valence-corrected chi connectivity index (χ2v) is 16.8. The van der Waals surface area contributed by atoms with Crippen molar-refractivity contribution in [1.82, 2.24) is 9.80 Å². The molecule has 0 spiro atoms. The summed E-state index contributed by atoms with van der Waals surface area (Å²) in [4.78, 5) is 68.4. The molecular formula is C43H55ClN4O6. The zero-order valence-electron chi connectivity index (χ0n) is 33.3. The highest BCUT2D eigenvalue weighted by Gasteiger charge is 2.42. The van der Waals surface area contributed by atoms with Crippen LogP contribution in [0, 0.1) is 5.41 Å². The number of halogens is 1. The van der Waals surface area contributed by atoms with Crippen molar-refractivity contribution in [2.75, 3.05) is 17.2 Å². The van der Waals surface area contributed by atoms with Crippen molar-refractivity contribution in [1.29, 1.82) is 0 Å². The van der Waals surface area contributed by atoms with Gasteiger partial charge in [0.1, 0.15) is 18.4 Å². The maximum atomic E-state index is 13.6. The molecule has 1 saturated heterocycles. The molecule has 5 amide bonds. The standard InChI is InChI=1S/C43H55ClN4O6/c1-11-42(7,8)29-18-21-34(32(23-29)43(9,10)12-2)54-27(3)22-35(49)46-33-24-30(19-20-31(33)37(51)41(4,5)6)45-39(52)38(44)48-36(50)26-47(40(48)53)25-28-16-14-13-15-17-28/h13-21,23-24,27,38H,11-12,22,25-26H2,1-10H3,(H,45,52)(H,46,49). The van der Waals surface area contributed by atoms with Crippen molar-refractivity contribution in [3.63, 3.8) is 0 Å². The SMILES string of the molecule is CCC(C)(C)c1ccc(OC(C)CC(=O)Nc2cc(NC(=O)C(Cl)N3C(=O)CN(Cc4ccccc4)C3=O)ccc2C(=O)C(C)(C)C)c(C(C)(C)CC)c1. The van der Waals surface area contributed by atoms with Gasteiger partial charge < -0.3 is 20.3 Å². The number of urea groups is 1. The third-order valence-electron chi connectivity index (χ3n) is 10.3. The van der Waals surface area contributed by atoms with E-state index in [4.69, 9.17) is 16.3 Å². The number of ether oxygens (including phenoxy) is 1. The lowest BCUT2D eigenvalue weighted by molar-refractivity contribution is -0.130. The molecule has 2 atom stereocenters. The van der Waals surface area contributed by atoms with Gasteiger partial charge in [-0.1, -0.05) is 116 Å². The highest BCUT2D eigenvalue weighted by molar-refractivity contribution is 6.35. The number of imide groups is 1. The van der Waals surface area contributed by atoms with Crippen LogP contribution in [0.25, 0.3) is 0 Å². The first-order chi connectivity index (χ1) is 25.2. The first kappa shape index (κ1) is 42.0. The maximum Gasteiger partial charge on any atom is 0.329 e. The number of alkyl halides is 1. The van der Waals surface area contributed by atoms with E-state index in [1.807, 2.05) is 43.3 Å². The Labute approximate surface area is 325 Å². The summed E-state index contributed by atoms with van der Waals surface area (Å²) in [5, 5.41) is 5.50. The quantitative estimate of drug-likeness (QED) is 0.0690. The molecule has 1 heterocycles. The van der Waals surface area contributed by atoms with Crippen molar-refractivity contribution in [3.05, 3.63) is 89.0 Å². The third-order valence-corrected chi connectivity index (χ3v) is 10.7. The van der Waals surface area contributed by atoms with Crippen LogP contribution in [0.2, 0.25) is 0 Å². The number of carbonyl (C=O) groups excluding carboxylic acids is 5. The first-order valence-corrected chi connectivity index (χ1v) is 19.0. The Balaban J connectivity index is 1.51. The number of hydrogen-bond acceptors (Lipinski definition) is 6. The van der Waals surface area contributed by atoms with Crippen molar-refractivity contribution >= 4 is 52.5 Å². The topological polar surface area (TPSA) is 125 Å². The second kappa shape index (κ2) is 16.8. The predicted molar refractivity (Wildman–Crippen MR) is 214 cm³/mol. The van der Waals surface area contributed by atoms with Gasteiger partial charge in [-0.15, -0.1) is 0 Å². The van der Waals surface area contributed by atoms with E-state index in [9.17, 15) is 24.0 Å². The monoisotopic (exact) mass is 758 g/mol. The van der Waals surface area contributed by atoms with Gasteiger partial charge in [0.25, 0.3) is 11.8 Å². The predicted octanol–water partition coefficient (Wildman–Crippen LogP) is 9.05. The van der Waals surface area contributed by atoms with Gasteiger partial charge in [-0.05, 0) is 66.0 Å². The van der Waals surface area contributed by atoms with Crippen LogP contribution < -0.4 is 15.4 Å². The number of amides is 5. The van der Waals surface area contributed by atoms with Crippen LogP contribution in [0.15, 0.2) is 66.7 Å².